The van der Waals surface area contributed by atoms with Gasteiger partial charge >= 0.3 is 5.97 Å². The van der Waals surface area contributed by atoms with Gasteiger partial charge in [0, 0.05) is 11.3 Å². The second kappa shape index (κ2) is 8.05. The van der Waals surface area contributed by atoms with Crippen LogP contribution in [0.25, 0.3) is 0 Å². The molecule has 1 aromatic carbocycles. The lowest BCUT2D eigenvalue weighted by molar-refractivity contribution is -0.136. The standard InChI is InChI=1S/C22H20N2O4S/c1-14-5-8-16(9-6-14)17-12-18(19-4-3-11-27-19)24(23-17)21(25)13-28-22(26)20-10-7-15(2)29-20/h3-11,18H,12-13H2,1-2H3/t18-/m0/s1. The van der Waals surface area contributed by atoms with E-state index in [0.29, 0.717) is 17.1 Å². The van der Waals surface area contributed by atoms with E-state index < -0.39 is 11.9 Å². The van der Waals surface area contributed by atoms with Crippen molar-refractivity contribution in [3.63, 3.8) is 0 Å². The number of rotatable bonds is 5. The molecule has 1 aliphatic rings. The fraction of sp³-hybridized carbons (Fsp3) is 0.227. The van der Waals surface area contributed by atoms with Gasteiger partial charge in [0.15, 0.2) is 6.61 Å². The zero-order valence-electron chi connectivity index (χ0n) is 16.1. The van der Waals surface area contributed by atoms with Crippen molar-refractivity contribution >= 4 is 28.9 Å². The van der Waals surface area contributed by atoms with Gasteiger partial charge in [0.1, 0.15) is 16.7 Å². The molecule has 2 aromatic heterocycles. The SMILES string of the molecule is Cc1ccc(C2=NN(C(=O)COC(=O)c3ccc(C)s3)[C@H](c3ccco3)C2)cc1. The van der Waals surface area contributed by atoms with Gasteiger partial charge in [0.05, 0.1) is 12.0 Å². The Hall–Kier alpha value is -3.19. The second-order valence-electron chi connectivity index (χ2n) is 6.87. The highest BCUT2D eigenvalue weighted by atomic mass is 32.1. The molecule has 1 aliphatic heterocycles. The van der Waals surface area contributed by atoms with Crippen LogP contribution in [0.3, 0.4) is 0 Å². The summed E-state index contributed by atoms with van der Waals surface area (Å²) < 4.78 is 10.7. The van der Waals surface area contributed by atoms with E-state index in [9.17, 15) is 9.59 Å². The summed E-state index contributed by atoms with van der Waals surface area (Å²) in [5.74, 6) is -0.257. The minimum atomic E-state index is -0.507. The maximum atomic E-state index is 12.8. The largest absolute Gasteiger partial charge is 0.467 e. The van der Waals surface area contributed by atoms with E-state index in [1.54, 1.807) is 18.4 Å². The van der Waals surface area contributed by atoms with Crippen LogP contribution >= 0.6 is 11.3 Å². The number of furan rings is 1. The number of hydrazone groups is 1. The smallest absolute Gasteiger partial charge is 0.348 e. The van der Waals surface area contributed by atoms with E-state index in [0.717, 1.165) is 21.7 Å². The number of esters is 1. The number of hydrogen-bond acceptors (Lipinski definition) is 6. The van der Waals surface area contributed by atoms with Crippen molar-refractivity contribution in [3.8, 4) is 0 Å². The normalized spacial score (nSPS) is 16.0. The maximum Gasteiger partial charge on any atom is 0.348 e. The Balaban J connectivity index is 1.52. The second-order valence-corrected chi connectivity index (χ2v) is 8.16. The molecule has 29 heavy (non-hydrogen) atoms. The molecule has 0 bridgehead atoms. The Bertz CT molecular complexity index is 1050. The number of carbonyl (C=O) groups is 2. The summed E-state index contributed by atoms with van der Waals surface area (Å²) in [6.45, 7) is 3.55. The number of carbonyl (C=O) groups excluding carboxylic acids is 2. The molecule has 3 heterocycles. The Morgan fingerprint density at radius 1 is 1.17 bits per heavy atom. The van der Waals surface area contributed by atoms with Crippen LogP contribution in [0, 0.1) is 13.8 Å². The molecule has 7 heteroatoms. The highest BCUT2D eigenvalue weighted by Crippen LogP contribution is 2.33. The minimum absolute atomic E-state index is 0.364. The zero-order chi connectivity index (χ0) is 20.4. The van der Waals surface area contributed by atoms with E-state index in [1.807, 2.05) is 50.2 Å². The number of nitrogens with zero attached hydrogens (tertiary/aromatic N) is 2. The summed E-state index contributed by atoms with van der Waals surface area (Å²) >= 11 is 1.34. The summed E-state index contributed by atoms with van der Waals surface area (Å²) in [5, 5.41) is 5.89. The van der Waals surface area contributed by atoms with Crippen molar-refractivity contribution in [1.29, 1.82) is 0 Å². The van der Waals surface area contributed by atoms with Gasteiger partial charge in [0.2, 0.25) is 0 Å². The highest BCUT2D eigenvalue weighted by Gasteiger charge is 2.35. The molecule has 0 radical (unpaired) electrons. The van der Waals surface area contributed by atoms with Crippen molar-refractivity contribution in [2.24, 2.45) is 5.10 Å². The van der Waals surface area contributed by atoms with Gasteiger partial charge in [-0.3, -0.25) is 4.79 Å². The van der Waals surface area contributed by atoms with Gasteiger partial charge in [-0.2, -0.15) is 5.10 Å². The molecular weight excluding hydrogens is 388 g/mol. The Labute approximate surface area is 172 Å². The molecule has 0 N–H and O–H groups in total. The first-order chi connectivity index (χ1) is 14.0. The van der Waals surface area contributed by atoms with Crippen molar-refractivity contribution in [1.82, 2.24) is 5.01 Å². The molecular formula is C22H20N2O4S. The molecule has 0 aliphatic carbocycles. The lowest BCUT2D eigenvalue weighted by Gasteiger charge is -2.19. The van der Waals surface area contributed by atoms with Crippen molar-refractivity contribution in [3.05, 3.63) is 81.4 Å². The molecule has 6 nitrogen and oxygen atoms in total. The fourth-order valence-corrected chi connectivity index (χ4v) is 3.93. The number of thiophene rings is 1. The summed E-state index contributed by atoms with van der Waals surface area (Å²) in [4.78, 5) is 26.5. The van der Waals surface area contributed by atoms with Crippen LogP contribution in [0.2, 0.25) is 0 Å². The third-order valence-corrected chi connectivity index (χ3v) is 5.67. The molecule has 148 valence electrons. The van der Waals surface area contributed by atoms with Crippen LogP contribution in [0.4, 0.5) is 0 Å². The van der Waals surface area contributed by atoms with E-state index in [1.165, 1.54) is 16.3 Å². The molecule has 0 fully saturated rings. The van der Waals surface area contributed by atoms with Gasteiger partial charge in [-0.15, -0.1) is 11.3 Å². The third-order valence-electron chi connectivity index (χ3n) is 4.69. The number of hydrogen-bond donors (Lipinski definition) is 0. The molecule has 3 aromatic rings. The lowest BCUT2D eigenvalue weighted by atomic mass is 10.0. The molecule has 4 rings (SSSR count). The van der Waals surface area contributed by atoms with E-state index in [4.69, 9.17) is 9.15 Å². The summed E-state index contributed by atoms with van der Waals surface area (Å²) in [6, 6.07) is 14.8. The number of amides is 1. The average molecular weight is 408 g/mol. The summed E-state index contributed by atoms with van der Waals surface area (Å²) in [5.41, 5.74) is 2.90. The molecule has 0 saturated carbocycles. The summed E-state index contributed by atoms with van der Waals surface area (Å²) in [7, 11) is 0. The predicted octanol–water partition coefficient (Wildman–Crippen LogP) is 4.49. The average Bonchev–Trinajstić information content (AvgIpc) is 3.46. The van der Waals surface area contributed by atoms with Crippen LogP contribution in [0.15, 0.2) is 64.3 Å². The highest BCUT2D eigenvalue weighted by molar-refractivity contribution is 7.13. The predicted molar refractivity (Wildman–Crippen MR) is 110 cm³/mol. The Kier molecular flexibility index (Phi) is 5.31. The van der Waals surface area contributed by atoms with Gasteiger partial charge < -0.3 is 9.15 Å². The van der Waals surface area contributed by atoms with E-state index >= 15 is 0 Å². The van der Waals surface area contributed by atoms with Crippen molar-refractivity contribution in [2.75, 3.05) is 6.61 Å². The maximum absolute atomic E-state index is 12.8. The van der Waals surface area contributed by atoms with Gasteiger partial charge in [-0.1, -0.05) is 29.8 Å². The van der Waals surface area contributed by atoms with E-state index in [-0.39, 0.29) is 12.6 Å². The molecule has 0 saturated heterocycles. The monoisotopic (exact) mass is 408 g/mol. The van der Waals surface area contributed by atoms with Crippen LogP contribution in [0.5, 0.6) is 0 Å². The topological polar surface area (TPSA) is 72.1 Å². The number of aryl methyl sites for hydroxylation is 2. The minimum Gasteiger partial charge on any atom is -0.467 e. The van der Waals surface area contributed by atoms with Gasteiger partial charge in [-0.25, -0.2) is 9.80 Å². The fourth-order valence-electron chi connectivity index (χ4n) is 3.17. The first-order valence-corrected chi connectivity index (χ1v) is 10.1. The van der Waals surface area contributed by atoms with E-state index in [2.05, 4.69) is 5.10 Å². The lowest BCUT2D eigenvalue weighted by Crippen LogP contribution is -2.31. The Morgan fingerprint density at radius 2 is 1.97 bits per heavy atom. The van der Waals surface area contributed by atoms with Crippen LogP contribution in [0.1, 0.15) is 43.9 Å². The molecule has 0 unspecified atom stereocenters. The summed E-state index contributed by atoms with van der Waals surface area (Å²) in [6.07, 6.45) is 2.10. The molecule has 1 atom stereocenters. The first kappa shape index (κ1) is 19.1. The van der Waals surface area contributed by atoms with Crippen LogP contribution in [-0.2, 0) is 9.53 Å². The molecule has 0 spiro atoms. The Morgan fingerprint density at radius 3 is 2.62 bits per heavy atom. The number of ether oxygens (including phenoxy) is 1. The van der Waals surface area contributed by atoms with Crippen molar-refractivity contribution in [2.45, 2.75) is 26.3 Å². The van der Waals surface area contributed by atoms with Gasteiger partial charge in [0.25, 0.3) is 5.91 Å². The van der Waals surface area contributed by atoms with Crippen LogP contribution < -0.4 is 0 Å². The van der Waals surface area contributed by atoms with Crippen molar-refractivity contribution < 1.29 is 18.7 Å². The molecule has 1 amide bonds. The third kappa shape index (κ3) is 4.14. The zero-order valence-corrected chi connectivity index (χ0v) is 16.9. The first-order valence-electron chi connectivity index (χ1n) is 9.25. The quantitative estimate of drug-likeness (QED) is 0.583. The number of benzene rings is 1. The van der Waals surface area contributed by atoms with Crippen LogP contribution in [-0.4, -0.2) is 29.2 Å². The van der Waals surface area contributed by atoms with Gasteiger partial charge in [-0.05, 0) is 43.7 Å².